The van der Waals surface area contributed by atoms with Crippen molar-refractivity contribution in [2.45, 2.75) is 39.3 Å². The monoisotopic (exact) mass is 283 g/mol. The maximum Gasteiger partial charge on any atom is 0.123 e. The van der Waals surface area contributed by atoms with E-state index < -0.39 is 0 Å². The molecule has 0 fully saturated rings. The number of nitrogens with one attached hydrogen (secondary N) is 1. The summed E-state index contributed by atoms with van der Waals surface area (Å²) in [5.41, 5.74) is 3.83. The summed E-state index contributed by atoms with van der Waals surface area (Å²) in [7, 11) is 1.73. The molecule has 21 heavy (non-hydrogen) atoms. The Balaban J connectivity index is 2.10. The van der Waals surface area contributed by atoms with Gasteiger partial charge >= 0.3 is 0 Å². The van der Waals surface area contributed by atoms with Gasteiger partial charge in [0.15, 0.2) is 0 Å². The van der Waals surface area contributed by atoms with Gasteiger partial charge in [-0.1, -0.05) is 61.4 Å². The van der Waals surface area contributed by atoms with Gasteiger partial charge in [-0.05, 0) is 25.0 Å². The Morgan fingerprint density at radius 2 is 1.86 bits per heavy atom. The molecule has 0 saturated heterocycles. The number of hydrogen-bond donors (Lipinski definition) is 1. The van der Waals surface area contributed by atoms with E-state index in [0.29, 0.717) is 6.04 Å². The van der Waals surface area contributed by atoms with Crippen LogP contribution in [-0.2, 0) is 6.54 Å². The van der Waals surface area contributed by atoms with Crippen LogP contribution >= 0.6 is 0 Å². The van der Waals surface area contributed by atoms with E-state index in [1.54, 1.807) is 7.11 Å². The van der Waals surface area contributed by atoms with Crippen molar-refractivity contribution in [2.75, 3.05) is 7.11 Å². The summed E-state index contributed by atoms with van der Waals surface area (Å²) >= 11 is 0. The van der Waals surface area contributed by atoms with Crippen molar-refractivity contribution in [2.24, 2.45) is 0 Å². The molecule has 0 saturated carbocycles. The van der Waals surface area contributed by atoms with Crippen LogP contribution in [0.4, 0.5) is 0 Å². The number of ether oxygens (including phenoxy) is 1. The fraction of sp³-hybridized carbons (Fsp3) is 0.368. The topological polar surface area (TPSA) is 21.3 Å². The van der Waals surface area contributed by atoms with Crippen molar-refractivity contribution >= 4 is 0 Å². The standard InChI is InChI=1S/C19H25NO/c1-4-8-18(16-9-6-5-7-10-16)20-14-17-13-15(2)11-12-19(17)21-3/h5-7,9-13,18,20H,4,8,14H2,1-3H3. The predicted molar refractivity (Wildman–Crippen MR) is 88.7 cm³/mol. The molecule has 0 amide bonds. The van der Waals surface area contributed by atoms with Gasteiger partial charge in [-0.3, -0.25) is 0 Å². The average Bonchev–Trinajstić information content (AvgIpc) is 2.52. The van der Waals surface area contributed by atoms with E-state index in [4.69, 9.17) is 4.74 Å². The zero-order chi connectivity index (χ0) is 15.1. The molecule has 0 aliphatic carbocycles. The summed E-state index contributed by atoms with van der Waals surface area (Å²) in [5, 5.41) is 3.68. The molecule has 0 radical (unpaired) electrons. The first kappa shape index (κ1) is 15.6. The fourth-order valence-corrected chi connectivity index (χ4v) is 2.64. The summed E-state index contributed by atoms with van der Waals surface area (Å²) in [6.45, 7) is 5.17. The smallest absolute Gasteiger partial charge is 0.123 e. The van der Waals surface area contributed by atoms with Crippen LogP contribution in [0.5, 0.6) is 5.75 Å². The van der Waals surface area contributed by atoms with Gasteiger partial charge in [0.05, 0.1) is 7.11 Å². The highest BCUT2D eigenvalue weighted by atomic mass is 16.5. The molecule has 112 valence electrons. The number of hydrogen-bond acceptors (Lipinski definition) is 2. The lowest BCUT2D eigenvalue weighted by atomic mass is 10.0. The molecular formula is C19H25NO. The quantitative estimate of drug-likeness (QED) is 0.799. The van der Waals surface area contributed by atoms with Crippen molar-refractivity contribution < 1.29 is 4.74 Å². The lowest BCUT2D eigenvalue weighted by Crippen LogP contribution is -2.21. The number of benzene rings is 2. The summed E-state index contributed by atoms with van der Waals surface area (Å²) < 4.78 is 5.46. The number of aryl methyl sites for hydroxylation is 1. The third kappa shape index (κ3) is 4.33. The van der Waals surface area contributed by atoms with Crippen molar-refractivity contribution in [1.29, 1.82) is 0 Å². The zero-order valence-electron chi connectivity index (χ0n) is 13.2. The highest BCUT2D eigenvalue weighted by Gasteiger charge is 2.11. The minimum Gasteiger partial charge on any atom is -0.496 e. The first-order valence-corrected chi connectivity index (χ1v) is 7.66. The van der Waals surface area contributed by atoms with Crippen molar-refractivity contribution in [3.63, 3.8) is 0 Å². The van der Waals surface area contributed by atoms with Gasteiger partial charge in [-0.15, -0.1) is 0 Å². The van der Waals surface area contributed by atoms with E-state index in [1.165, 1.54) is 16.7 Å². The van der Waals surface area contributed by atoms with Crippen LogP contribution in [-0.4, -0.2) is 7.11 Å². The zero-order valence-corrected chi connectivity index (χ0v) is 13.2. The van der Waals surface area contributed by atoms with Crippen LogP contribution in [0.1, 0.15) is 42.5 Å². The Labute approximate surface area is 128 Å². The van der Waals surface area contributed by atoms with Gasteiger partial charge in [-0.25, -0.2) is 0 Å². The van der Waals surface area contributed by atoms with Crippen LogP contribution in [0.15, 0.2) is 48.5 Å². The molecular weight excluding hydrogens is 258 g/mol. The fourth-order valence-electron chi connectivity index (χ4n) is 2.64. The van der Waals surface area contributed by atoms with Crippen molar-refractivity contribution in [3.05, 3.63) is 65.2 Å². The first-order chi connectivity index (χ1) is 10.2. The molecule has 0 bridgehead atoms. The summed E-state index contributed by atoms with van der Waals surface area (Å²) in [4.78, 5) is 0. The molecule has 1 unspecified atom stereocenters. The highest BCUT2D eigenvalue weighted by molar-refractivity contribution is 5.37. The molecule has 0 aromatic heterocycles. The number of rotatable bonds is 7. The summed E-state index contributed by atoms with van der Waals surface area (Å²) in [6, 6.07) is 17.4. The Morgan fingerprint density at radius 3 is 2.52 bits per heavy atom. The van der Waals surface area contributed by atoms with Crippen molar-refractivity contribution in [3.8, 4) is 5.75 Å². The second-order valence-electron chi connectivity index (χ2n) is 5.45. The molecule has 0 spiro atoms. The summed E-state index contributed by atoms with van der Waals surface area (Å²) in [5.74, 6) is 0.955. The third-order valence-corrected chi connectivity index (χ3v) is 3.75. The maximum atomic E-state index is 5.46. The minimum atomic E-state index is 0.390. The molecule has 2 heteroatoms. The van der Waals surface area contributed by atoms with Crippen molar-refractivity contribution in [1.82, 2.24) is 5.32 Å². The maximum absolute atomic E-state index is 5.46. The lowest BCUT2D eigenvalue weighted by molar-refractivity contribution is 0.403. The molecule has 2 aromatic carbocycles. The third-order valence-electron chi connectivity index (χ3n) is 3.75. The Bertz CT molecular complexity index is 551. The Hall–Kier alpha value is -1.80. The molecule has 0 aliphatic heterocycles. The van der Waals surface area contributed by atoms with Crippen LogP contribution < -0.4 is 10.1 Å². The SMILES string of the molecule is CCCC(NCc1cc(C)ccc1OC)c1ccccc1. The largest absolute Gasteiger partial charge is 0.496 e. The lowest BCUT2D eigenvalue weighted by Gasteiger charge is -2.20. The van der Waals surface area contributed by atoms with Gasteiger partial charge in [0, 0.05) is 18.2 Å². The van der Waals surface area contributed by atoms with Crippen LogP contribution in [0.3, 0.4) is 0 Å². The Kier molecular flexibility index (Phi) is 5.82. The van der Waals surface area contributed by atoms with E-state index in [9.17, 15) is 0 Å². The van der Waals surface area contributed by atoms with Crippen LogP contribution in [0.25, 0.3) is 0 Å². The van der Waals surface area contributed by atoms with Crippen LogP contribution in [0, 0.1) is 6.92 Å². The van der Waals surface area contributed by atoms with E-state index in [0.717, 1.165) is 25.1 Å². The molecule has 0 aliphatic rings. The molecule has 2 rings (SSSR count). The van der Waals surface area contributed by atoms with Gasteiger partial charge < -0.3 is 10.1 Å². The van der Waals surface area contributed by atoms with E-state index in [-0.39, 0.29) is 0 Å². The van der Waals surface area contributed by atoms with E-state index in [2.05, 4.69) is 61.6 Å². The summed E-state index contributed by atoms with van der Waals surface area (Å²) in [6.07, 6.45) is 2.30. The second-order valence-corrected chi connectivity index (χ2v) is 5.45. The van der Waals surface area contributed by atoms with E-state index in [1.807, 2.05) is 6.07 Å². The van der Waals surface area contributed by atoms with Gasteiger partial charge in [0.2, 0.25) is 0 Å². The second kappa shape index (κ2) is 7.84. The average molecular weight is 283 g/mol. The van der Waals surface area contributed by atoms with E-state index >= 15 is 0 Å². The molecule has 1 atom stereocenters. The van der Waals surface area contributed by atoms with Gasteiger partial charge in [0.1, 0.15) is 5.75 Å². The molecule has 2 aromatic rings. The van der Waals surface area contributed by atoms with Gasteiger partial charge in [0.25, 0.3) is 0 Å². The normalized spacial score (nSPS) is 12.1. The Morgan fingerprint density at radius 1 is 1.10 bits per heavy atom. The molecule has 0 heterocycles. The highest BCUT2D eigenvalue weighted by Crippen LogP contribution is 2.23. The predicted octanol–water partition coefficient (Wildman–Crippen LogP) is 4.63. The molecule has 1 N–H and O–H groups in total. The first-order valence-electron chi connectivity index (χ1n) is 7.66. The minimum absolute atomic E-state index is 0.390. The molecule has 2 nitrogen and oxygen atoms in total. The number of methoxy groups -OCH3 is 1. The van der Waals surface area contributed by atoms with Gasteiger partial charge in [-0.2, -0.15) is 0 Å². The van der Waals surface area contributed by atoms with Crippen LogP contribution in [0.2, 0.25) is 0 Å².